The van der Waals surface area contributed by atoms with Crippen molar-refractivity contribution in [3.8, 4) is 17.2 Å². The third-order valence-corrected chi connectivity index (χ3v) is 4.31. The standard InChI is InChI=1S/C17H16F2N2O3/c1-9-2-5-13(22)12(20-9)6-21-7-14-15(8-21)24-17-11(19)4-3-10(18)16(17)23-14/h2-5,14-15,22H,6-8H2,1H3/t14-,15+. The second kappa shape index (κ2) is 5.59. The Bertz CT molecular complexity index is 761. The molecule has 0 unspecified atom stereocenters. The fraction of sp³-hybridized carbons (Fsp3) is 0.353. The van der Waals surface area contributed by atoms with Crippen molar-refractivity contribution in [2.45, 2.75) is 25.7 Å². The number of fused-ring (bicyclic) bond motifs is 2. The number of aryl methyl sites for hydroxylation is 1. The Morgan fingerprint density at radius 1 is 1.08 bits per heavy atom. The number of hydrogen-bond acceptors (Lipinski definition) is 5. The Morgan fingerprint density at radius 3 is 2.25 bits per heavy atom. The molecule has 0 bridgehead atoms. The summed E-state index contributed by atoms with van der Waals surface area (Å²) in [7, 11) is 0. The summed E-state index contributed by atoms with van der Waals surface area (Å²) in [5, 5.41) is 9.92. The minimum Gasteiger partial charge on any atom is -0.506 e. The van der Waals surface area contributed by atoms with Gasteiger partial charge in [0.1, 0.15) is 18.0 Å². The fourth-order valence-electron chi connectivity index (χ4n) is 3.14. The van der Waals surface area contributed by atoms with Crippen molar-refractivity contribution in [2.75, 3.05) is 13.1 Å². The lowest BCUT2D eigenvalue weighted by atomic mass is 10.2. The van der Waals surface area contributed by atoms with E-state index in [-0.39, 0.29) is 29.5 Å². The molecule has 0 amide bonds. The van der Waals surface area contributed by atoms with Gasteiger partial charge in [0.2, 0.25) is 11.5 Å². The summed E-state index contributed by atoms with van der Waals surface area (Å²) >= 11 is 0. The zero-order valence-corrected chi connectivity index (χ0v) is 13.0. The van der Waals surface area contributed by atoms with E-state index >= 15 is 0 Å². The lowest BCUT2D eigenvalue weighted by Gasteiger charge is -2.28. The Labute approximate surface area is 137 Å². The number of nitrogens with zero attached hydrogens (tertiary/aromatic N) is 2. The van der Waals surface area contributed by atoms with Gasteiger partial charge in [0.15, 0.2) is 11.6 Å². The van der Waals surface area contributed by atoms with Crippen LogP contribution in [0, 0.1) is 18.6 Å². The molecule has 4 rings (SSSR count). The van der Waals surface area contributed by atoms with Gasteiger partial charge in [-0.05, 0) is 31.2 Å². The SMILES string of the molecule is Cc1ccc(O)c(CN2C[C@@H]3Oc4c(F)ccc(F)c4O[C@@H]3C2)n1. The summed E-state index contributed by atoms with van der Waals surface area (Å²) in [6.45, 7) is 3.22. The van der Waals surface area contributed by atoms with Crippen molar-refractivity contribution >= 4 is 0 Å². The summed E-state index contributed by atoms with van der Waals surface area (Å²) in [6, 6.07) is 5.39. The first-order valence-electron chi connectivity index (χ1n) is 7.70. The molecule has 1 aromatic heterocycles. The van der Waals surface area contributed by atoms with E-state index in [0.29, 0.717) is 25.3 Å². The molecule has 5 nitrogen and oxygen atoms in total. The second-order valence-electron chi connectivity index (χ2n) is 6.11. The summed E-state index contributed by atoms with van der Waals surface area (Å²) in [5.74, 6) is -1.50. The molecule has 24 heavy (non-hydrogen) atoms. The summed E-state index contributed by atoms with van der Waals surface area (Å²) < 4.78 is 38.9. The third kappa shape index (κ3) is 2.54. The first kappa shape index (κ1) is 15.1. The van der Waals surface area contributed by atoms with Crippen LogP contribution in [0.15, 0.2) is 24.3 Å². The van der Waals surface area contributed by atoms with Crippen molar-refractivity contribution in [1.82, 2.24) is 9.88 Å². The van der Waals surface area contributed by atoms with Gasteiger partial charge in [0.25, 0.3) is 0 Å². The highest BCUT2D eigenvalue weighted by Gasteiger charge is 2.42. The first-order chi connectivity index (χ1) is 11.5. The number of pyridine rings is 1. The van der Waals surface area contributed by atoms with Crippen LogP contribution in [-0.2, 0) is 6.54 Å². The average Bonchev–Trinajstić information content (AvgIpc) is 2.94. The predicted octanol–water partition coefficient (Wildman–Crippen LogP) is 2.40. The predicted molar refractivity (Wildman–Crippen MR) is 81.1 cm³/mol. The Kier molecular flexibility index (Phi) is 3.53. The maximum absolute atomic E-state index is 13.8. The van der Waals surface area contributed by atoms with E-state index in [1.54, 1.807) is 12.1 Å². The second-order valence-corrected chi connectivity index (χ2v) is 6.11. The number of aromatic hydroxyl groups is 1. The van der Waals surface area contributed by atoms with Gasteiger partial charge in [-0.25, -0.2) is 8.78 Å². The Hall–Kier alpha value is -2.41. The van der Waals surface area contributed by atoms with Crippen molar-refractivity contribution in [1.29, 1.82) is 0 Å². The number of ether oxygens (including phenoxy) is 2. The number of likely N-dealkylation sites (tertiary alicyclic amines) is 1. The van der Waals surface area contributed by atoms with Crippen LogP contribution >= 0.6 is 0 Å². The Balaban J connectivity index is 1.53. The van der Waals surface area contributed by atoms with Crippen molar-refractivity contribution in [3.05, 3.63) is 47.3 Å². The fourth-order valence-corrected chi connectivity index (χ4v) is 3.14. The number of rotatable bonds is 2. The number of halogens is 2. The van der Waals surface area contributed by atoms with E-state index in [0.717, 1.165) is 17.8 Å². The van der Waals surface area contributed by atoms with E-state index in [4.69, 9.17) is 9.47 Å². The molecule has 1 fully saturated rings. The average molecular weight is 334 g/mol. The largest absolute Gasteiger partial charge is 0.506 e. The van der Waals surface area contributed by atoms with E-state index in [1.165, 1.54) is 0 Å². The third-order valence-electron chi connectivity index (χ3n) is 4.31. The molecule has 7 heteroatoms. The molecule has 1 aromatic carbocycles. The van der Waals surface area contributed by atoms with Crippen molar-refractivity contribution < 1.29 is 23.4 Å². The van der Waals surface area contributed by atoms with Crippen LogP contribution in [0.2, 0.25) is 0 Å². The molecule has 1 saturated heterocycles. The van der Waals surface area contributed by atoms with Crippen LogP contribution in [0.1, 0.15) is 11.4 Å². The lowest BCUT2D eigenvalue weighted by molar-refractivity contribution is 0.0467. The molecular weight excluding hydrogens is 318 g/mol. The van der Waals surface area contributed by atoms with Gasteiger partial charge in [-0.2, -0.15) is 0 Å². The van der Waals surface area contributed by atoms with E-state index in [1.807, 2.05) is 11.8 Å². The quantitative estimate of drug-likeness (QED) is 0.914. The summed E-state index contributed by atoms with van der Waals surface area (Å²) in [6.07, 6.45) is -0.776. The smallest absolute Gasteiger partial charge is 0.200 e. The number of aromatic nitrogens is 1. The molecule has 126 valence electrons. The van der Waals surface area contributed by atoms with Crippen LogP contribution < -0.4 is 9.47 Å². The highest BCUT2D eigenvalue weighted by Crippen LogP contribution is 2.40. The monoisotopic (exact) mass is 334 g/mol. The van der Waals surface area contributed by atoms with Gasteiger partial charge in [-0.1, -0.05) is 0 Å². The van der Waals surface area contributed by atoms with Gasteiger partial charge in [-0.15, -0.1) is 0 Å². The topological polar surface area (TPSA) is 54.8 Å². The molecule has 0 aliphatic carbocycles. The maximum atomic E-state index is 13.8. The molecular formula is C17H16F2N2O3. The Morgan fingerprint density at radius 2 is 1.67 bits per heavy atom. The normalized spacial score (nSPS) is 22.5. The van der Waals surface area contributed by atoms with Gasteiger partial charge >= 0.3 is 0 Å². The van der Waals surface area contributed by atoms with E-state index in [2.05, 4.69) is 4.98 Å². The molecule has 0 radical (unpaired) electrons. The molecule has 2 aromatic rings. The minimum atomic E-state index is -0.638. The molecule has 2 aliphatic rings. The molecule has 1 N–H and O–H groups in total. The molecule has 2 aliphatic heterocycles. The van der Waals surface area contributed by atoms with Crippen molar-refractivity contribution in [2.24, 2.45) is 0 Å². The maximum Gasteiger partial charge on any atom is 0.200 e. The molecule has 0 saturated carbocycles. The molecule has 2 atom stereocenters. The number of benzene rings is 1. The minimum absolute atomic E-state index is 0.123. The van der Waals surface area contributed by atoms with Crippen LogP contribution in [0.3, 0.4) is 0 Å². The van der Waals surface area contributed by atoms with Gasteiger partial charge < -0.3 is 14.6 Å². The van der Waals surface area contributed by atoms with Crippen LogP contribution in [0.4, 0.5) is 8.78 Å². The van der Waals surface area contributed by atoms with E-state index < -0.39 is 11.6 Å². The lowest BCUT2D eigenvalue weighted by Crippen LogP contribution is -2.39. The molecule has 3 heterocycles. The summed E-state index contributed by atoms with van der Waals surface area (Å²) in [5.41, 5.74) is 1.37. The van der Waals surface area contributed by atoms with Crippen LogP contribution in [0.25, 0.3) is 0 Å². The zero-order chi connectivity index (χ0) is 16.8. The first-order valence-corrected chi connectivity index (χ1v) is 7.70. The van der Waals surface area contributed by atoms with Gasteiger partial charge in [-0.3, -0.25) is 9.88 Å². The zero-order valence-electron chi connectivity index (χ0n) is 13.0. The highest BCUT2D eigenvalue weighted by molar-refractivity contribution is 5.44. The molecule has 0 spiro atoms. The van der Waals surface area contributed by atoms with E-state index in [9.17, 15) is 13.9 Å². The van der Waals surface area contributed by atoms with Gasteiger partial charge in [0.05, 0.1) is 5.69 Å². The van der Waals surface area contributed by atoms with Crippen LogP contribution in [-0.4, -0.2) is 40.3 Å². The number of hydrogen-bond donors (Lipinski definition) is 1. The van der Waals surface area contributed by atoms with Crippen molar-refractivity contribution in [3.63, 3.8) is 0 Å². The van der Waals surface area contributed by atoms with Crippen LogP contribution in [0.5, 0.6) is 17.2 Å². The summed E-state index contributed by atoms with van der Waals surface area (Å²) in [4.78, 5) is 6.31. The highest BCUT2D eigenvalue weighted by atomic mass is 19.1. The van der Waals surface area contributed by atoms with Gasteiger partial charge in [0, 0.05) is 25.3 Å².